The van der Waals surface area contributed by atoms with E-state index >= 15 is 0 Å². The van der Waals surface area contributed by atoms with E-state index in [2.05, 4.69) is 6.58 Å². The normalized spacial score (nSPS) is 15.4. The first kappa shape index (κ1) is 14.3. The van der Waals surface area contributed by atoms with Gasteiger partial charge in [-0.05, 0) is 31.1 Å². The zero-order valence-electron chi connectivity index (χ0n) is 11.8. The number of alkyl halides is 1. The van der Waals surface area contributed by atoms with Gasteiger partial charge in [-0.2, -0.15) is 0 Å². The zero-order valence-corrected chi connectivity index (χ0v) is 11.8. The van der Waals surface area contributed by atoms with Gasteiger partial charge in [-0.1, -0.05) is 36.9 Å². The Balaban J connectivity index is 2.57. The predicted molar refractivity (Wildman–Crippen MR) is 79.6 cm³/mol. The smallest absolute Gasteiger partial charge is 0.161 e. The number of carbonyl (C=O) groups excluding carboxylic acids is 1. The number of carbonyl (C=O) groups is 1. The predicted octanol–water partition coefficient (Wildman–Crippen LogP) is 3.73. The van der Waals surface area contributed by atoms with Crippen LogP contribution in [0, 0.1) is 0 Å². The molecule has 104 valence electrons. The van der Waals surface area contributed by atoms with Gasteiger partial charge in [0.1, 0.15) is 6.67 Å². The van der Waals surface area contributed by atoms with Crippen LogP contribution in [0.15, 0.2) is 59.8 Å². The summed E-state index contributed by atoms with van der Waals surface area (Å²) in [7, 11) is 0. The third-order valence-corrected chi connectivity index (χ3v) is 3.38. The lowest BCUT2D eigenvalue weighted by Crippen LogP contribution is -2.29. The van der Waals surface area contributed by atoms with E-state index in [9.17, 15) is 9.18 Å². The van der Waals surface area contributed by atoms with Crippen molar-refractivity contribution in [3.8, 4) is 0 Å². The lowest BCUT2D eigenvalue weighted by Gasteiger charge is -2.34. The number of hydrogen-bond donors (Lipinski definition) is 0. The lowest BCUT2D eigenvalue weighted by atomic mass is 9.95. The summed E-state index contributed by atoms with van der Waals surface area (Å²) in [6.45, 7) is 7.11. The molecular formula is C17H18FNO. The molecule has 1 aliphatic heterocycles. The molecule has 0 unspecified atom stereocenters. The highest BCUT2D eigenvalue weighted by Gasteiger charge is 2.25. The minimum absolute atomic E-state index is 0.0506. The average molecular weight is 271 g/mol. The molecule has 0 radical (unpaired) electrons. The van der Waals surface area contributed by atoms with Gasteiger partial charge in [0.15, 0.2) is 5.78 Å². The van der Waals surface area contributed by atoms with Crippen LogP contribution in [0.2, 0.25) is 0 Å². The van der Waals surface area contributed by atoms with Crippen molar-refractivity contribution < 1.29 is 9.18 Å². The van der Waals surface area contributed by atoms with E-state index in [-0.39, 0.29) is 12.3 Å². The van der Waals surface area contributed by atoms with E-state index in [4.69, 9.17) is 0 Å². The highest BCUT2D eigenvalue weighted by molar-refractivity contribution is 6.00. The molecule has 0 saturated carbocycles. The summed E-state index contributed by atoms with van der Waals surface area (Å²) in [5.41, 5.74) is 3.98. The molecule has 1 heterocycles. The Morgan fingerprint density at radius 3 is 2.50 bits per heavy atom. The monoisotopic (exact) mass is 271 g/mol. The van der Waals surface area contributed by atoms with E-state index in [1.165, 1.54) is 6.92 Å². The van der Waals surface area contributed by atoms with Crippen molar-refractivity contribution in [2.24, 2.45) is 0 Å². The number of hydrogen-bond acceptors (Lipinski definition) is 2. The summed E-state index contributed by atoms with van der Waals surface area (Å²) in [4.78, 5) is 13.5. The lowest BCUT2D eigenvalue weighted by molar-refractivity contribution is -0.113. The van der Waals surface area contributed by atoms with Gasteiger partial charge in [0.2, 0.25) is 0 Å². The molecule has 0 saturated heterocycles. The third kappa shape index (κ3) is 2.57. The molecule has 2 rings (SSSR count). The van der Waals surface area contributed by atoms with E-state index in [0.717, 1.165) is 16.8 Å². The summed E-state index contributed by atoms with van der Waals surface area (Å²) in [5, 5.41) is 0. The molecule has 0 fully saturated rings. The SMILES string of the molecule is C=C1C(C(C)=O)=CC(C)=C(c2ccccc2)N1CCF. The zero-order chi connectivity index (χ0) is 14.7. The summed E-state index contributed by atoms with van der Waals surface area (Å²) < 4.78 is 12.9. The van der Waals surface area contributed by atoms with E-state index in [1.807, 2.05) is 43.3 Å². The van der Waals surface area contributed by atoms with Gasteiger partial charge in [-0.15, -0.1) is 0 Å². The number of Topliss-reactive ketones (excluding diaryl/α,β-unsaturated/α-hetero) is 1. The molecular weight excluding hydrogens is 253 g/mol. The standard InChI is InChI=1S/C17H18FNO/c1-12-11-16(14(3)20)13(2)19(10-9-18)17(12)15-7-5-4-6-8-15/h4-8,11H,2,9-10H2,1,3H3. The minimum atomic E-state index is -0.492. The summed E-state index contributed by atoms with van der Waals surface area (Å²) in [6.07, 6.45) is 1.84. The number of benzene rings is 1. The molecule has 3 heteroatoms. The molecule has 0 atom stereocenters. The van der Waals surface area contributed by atoms with Crippen molar-refractivity contribution >= 4 is 11.5 Å². The van der Waals surface area contributed by atoms with Gasteiger partial charge >= 0.3 is 0 Å². The Hall–Kier alpha value is -2.16. The molecule has 0 spiro atoms. The van der Waals surface area contributed by atoms with E-state index in [0.29, 0.717) is 11.3 Å². The summed E-state index contributed by atoms with van der Waals surface area (Å²) in [6, 6.07) is 9.77. The first-order chi connectivity index (χ1) is 9.56. The second-order valence-electron chi connectivity index (χ2n) is 4.80. The maximum atomic E-state index is 12.9. The molecule has 0 aromatic heterocycles. The average Bonchev–Trinajstić information content (AvgIpc) is 2.43. The molecule has 2 nitrogen and oxygen atoms in total. The van der Waals surface area contributed by atoms with Crippen molar-refractivity contribution in [3.63, 3.8) is 0 Å². The number of nitrogens with zero attached hydrogens (tertiary/aromatic N) is 1. The Labute approximate surface area is 118 Å². The first-order valence-corrected chi connectivity index (χ1v) is 6.58. The van der Waals surface area contributed by atoms with Gasteiger partial charge in [0, 0.05) is 11.3 Å². The molecule has 0 bridgehead atoms. The van der Waals surface area contributed by atoms with Crippen LogP contribution in [0.25, 0.3) is 5.70 Å². The van der Waals surface area contributed by atoms with Crippen molar-refractivity contribution in [1.82, 2.24) is 4.90 Å². The molecule has 0 N–H and O–H groups in total. The highest BCUT2D eigenvalue weighted by Crippen LogP contribution is 2.34. The summed E-state index contributed by atoms with van der Waals surface area (Å²) >= 11 is 0. The quantitative estimate of drug-likeness (QED) is 0.831. The van der Waals surface area contributed by atoms with Crippen LogP contribution < -0.4 is 0 Å². The topological polar surface area (TPSA) is 20.3 Å². The van der Waals surface area contributed by atoms with E-state index in [1.54, 1.807) is 4.90 Å². The summed E-state index contributed by atoms with van der Waals surface area (Å²) in [5.74, 6) is -0.0506. The number of halogens is 1. The Morgan fingerprint density at radius 1 is 1.30 bits per heavy atom. The van der Waals surface area contributed by atoms with Crippen LogP contribution in [0.1, 0.15) is 19.4 Å². The van der Waals surface area contributed by atoms with Gasteiger partial charge in [-0.25, -0.2) is 4.39 Å². The van der Waals surface area contributed by atoms with Crippen LogP contribution in [-0.4, -0.2) is 23.9 Å². The Morgan fingerprint density at radius 2 is 1.95 bits per heavy atom. The van der Waals surface area contributed by atoms with Crippen molar-refractivity contribution in [1.29, 1.82) is 0 Å². The van der Waals surface area contributed by atoms with Gasteiger partial charge < -0.3 is 4.90 Å². The molecule has 1 aromatic rings. The Bertz CT molecular complexity index is 599. The molecule has 20 heavy (non-hydrogen) atoms. The molecule has 0 amide bonds. The Kier molecular flexibility index (Phi) is 4.18. The maximum Gasteiger partial charge on any atom is 0.161 e. The van der Waals surface area contributed by atoms with Crippen LogP contribution in [0.3, 0.4) is 0 Å². The molecule has 0 aliphatic carbocycles. The van der Waals surface area contributed by atoms with Crippen LogP contribution >= 0.6 is 0 Å². The fraction of sp³-hybridized carbons (Fsp3) is 0.235. The first-order valence-electron chi connectivity index (χ1n) is 6.58. The van der Waals surface area contributed by atoms with Crippen molar-refractivity contribution in [2.45, 2.75) is 13.8 Å². The molecule has 1 aliphatic rings. The number of ketones is 1. The van der Waals surface area contributed by atoms with Gasteiger partial charge in [0.05, 0.1) is 12.2 Å². The fourth-order valence-corrected chi connectivity index (χ4v) is 2.48. The van der Waals surface area contributed by atoms with Gasteiger partial charge in [-0.3, -0.25) is 4.79 Å². The highest BCUT2D eigenvalue weighted by atomic mass is 19.1. The second kappa shape index (κ2) is 5.87. The maximum absolute atomic E-state index is 12.9. The largest absolute Gasteiger partial charge is 0.338 e. The number of rotatable bonds is 4. The van der Waals surface area contributed by atoms with Crippen LogP contribution in [-0.2, 0) is 4.79 Å². The van der Waals surface area contributed by atoms with E-state index < -0.39 is 6.67 Å². The van der Waals surface area contributed by atoms with Crippen LogP contribution in [0.5, 0.6) is 0 Å². The van der Waals surface area contributed by atoms with Gasteiger partial charge in [0.25, 0.3) is 0 Å². The number of allylic oxidation sites excluding steroid dienone is 3. The molecule has 1 aromatic carbocycles. The van der Waals surface area contributed by atoms with Crippen molar-refractivity contribution in [2.75, 3.05) is 13.2 Å². The second-order valence-corrected chi connectivity index (χ2v) is 4.80. The fourth-order valence-electron chi connectivity index (χ4n) is 2.48. The van der Waals surface area contributed by atoms with Crippen LogP contribution in [0.4, 0.5) is 4.39 Å². The van der Waals surface area contributed by atoms with Crippen molar-refractivity contribution in [3.05, 3.63) is 65.4 Å². The third-order valence-electron chi connectivity index (χ3n) is 3.38. The minimum Gasteiger partial charge on any atom is -0.338 e.